The average Bonchev–Trinajstić information content (AvgIpc) is 3.43. The second-order valence-corrected chi connectivity index (χ2v) is 7.36. The van der Waals surface area contributed by atoms with Gasteiger partial charge in [-0.2, -0.15) is 0 Å². The third-order valence-corrected chi connectivity index (χ3v) is 5.18. The molecule has 6 heteroatoms. The van der Waals surface area contributed by atoms with Crippen LogP contribution in [0.1, 0.15) is 37.7 Å². The topological polar surface area (TPSA) is 73.3 Å². The molecule has 0 atom stereocenters. The molecule has 2 heterocycles. The summed E-state index contributed by atoms with van der Waals surface area (Å²) in [5.74, 6) is 2.67. The van der Waals surface area contributed by atoms with E-state index in [0.717, 1.165) is 65.0 Å². The van der Waals surface area contributed by atoms with E-state index in [4.69, 9.17) is 14.4 Å². The summed E-state index contributed by atoms with van der Waals surface area (Å²) in [7, 11) is 0. The smallest absolute Gasteiger partial charge is 0.167 e. The summed E-state index contributed by atoms with van der Waals surface area (Å²) in [5.41, 5.74) is 1.88. The lowest BCUT2D eigenvalue weighted by Gasteiger charge is -2.08. The Morgan fingerprint density at radius 2 is 1.90 bits per heavy atom. The SMILES string of the molecule is CCc1nccn1Cc1cc(-c2ccc3cc(OCCCCCO)ccc3c2)on1. The maximum absolute atomic E-state index is 8.83. The highest BCUT2D eigenvalue weighted by Gasteiger charge is 2.10. The summed E-state index contributed by atoms with van der Waals surface area (Å²) in [6, 6.07) is 14.3. The zero-order valence-electron chi connectivity index (χ0n) is 17.3. The molecule has 4 aromatic rings. The van der Waals surface area contributed by atoms with Crippen molar-refractivity contribution in [2.45, 2.75) is 39.2 Å². The predicted octanol–water partition coefficient (Wildman–Crippen LogP) is 4.84. The minimum absolute atomic E-state index is 0.244. The number of benzene rings is 2. The molecule has 0 radical (unpaired) electrons. The molecular formula is C24H27N3O3. The van der Waals surface area contributed by atoms with Crippen molar-refractivity contribution in [3.05, 3.63) is 66.4 Å². The van der Waals surface area contributed by atoms with Crippen LogP contribution in [0.2, 0.25) is 0 Å². The lowest BCUT2D eigenvalue weighted by molar-refractivity contribution is 0.266. The van der Waals surface area contributed by atoms with Crippen molar-refractivity contribution in [3.63, 3.8) is 0 Å². The van der Waals surface area contributed by atoms with Crippen LogP contribution in [0.25, 0.3) is 22.1 Å². The van der Waals surface area contributed by atoms with Crippen LogP contribution in [0.15, 0.2) is 59.4 Å². The number of hydrogen-bond acceptors (Lipinski definition) is 5. The minimum Gasteiger partial charge on any atom is -0.494 e. The van der Waals surface area contributed by atoms with E-state index < -0.39 is 0 Å². The fraction of sp³-hybridized carbons (Fsp3) is 0.333. The Morgan fingerprint density at radius 3 is 2.77 bits per heavy atom. The van der Waals surface area contributed by atoms with Gasteiger partial charge >= 0.3 is 0 Å². The molecule has 0 saturated carbocycles. The van der Waals surface area contributed by atoms with Crippen molar-refractivity contribution in [1.82, 2.24) is 14.7 Å². The first-order valence-corrected chi connectivity index (χ1v) is 10.5. The van der Waals surface area contributed by atoms with Crippen LogP contribution in [0, 0.1) is 0 Å². The average molecular weight is 405 g/mol. The fourth-order valence-corrected chi connectivity index (χ4v) is 3.54. The van der Waals surface area contributed by atoms with E-state index in [1.54, 1.807) is 0 Å². The van der Waals surface area contributed by atoms with Gasteiger partial charge in [-0.25, -0.2) is 4.98 Å². The van der Waals surface area contributed by atoms with Gasteiger partial charge in [0.1, 0.15) is 17.3 Å². The fourth-order valence-electron chi connectivity index (χ4n) is 3.54. The lowest BCUT2D eigenvalue weighted by Crippen LogP contribution is -2.03. The first-order chi connectivity index (χ1) is 14.8. The van der Waals surface area contributed by atoms with Gasteiger partial charge in [0.15, 0.2) is 5.76 Å². The number of fused-ring (bicyclic) bond motifs is 1. The highest BCUT2D eigenvalue weighted by atomic mass is 16.5. The van der Waals surface area contributed by atoms with E-state index in [1.807, 2.05) is 30.6 Å². The number of nitrogens with zero attached hydrogens (tertiary/aromatic N) is 3. The molecule has 0 aliphatic carbocycles. The molecule has 0 unspecified atom stereocenters. The number of rotatable bonds is 10. The third-order valence-electron chi connectivity index (χ3n) is 5.18. The van der Waals surface area contributed by atoms with Gasteiger partial charge in [-0.05, 0) is 48.2 Å². The largest absolute Gasteiger partial charge is 0.494 e. The third kappa shape index (κ3) is 4.71. The number of aliphatic hydroxyl groups is 1. The lowest BCUT2D eigenvalue weighted by atomic mass is 10.1. The van der Waals surface area contributed by atoms with E-state index >= 15 is 0 Å². The highest BCUT2D eigenvalue weighted by Crippen LogP contribution is 2.28. The first kappa shape index (κ1) is 20.2. The number of hydrogen-bond donors (Lipinski definition) is 1. The highest BCUT2D eigenvalue weighted by molar-refractivity contribution is 5.87. The standard InChI is InChI=1S/C24H27N3O3/c1-2-24-25-10-11-27(24)17-21-16-23(30-26-21)20-7-6-19-15-22(9-8-18(19)14-20)29-13-5-3-4-12-28/h6-11,14-16,28H,2-5,12-13,17H2,1H3. The van der Waals surface area contributed by atoms with Gasteiger partial charge in [-0.3, -0.25) is 0 Å². The van der Waals surface area contributed by atoms with E-state index in [0.29, 0.717) is 13.2 Å². The van der Waals surface area contributed by atoms with Gasteiger partial charge < -0.3 is 18.9 Å². The number of aryl methyl sites for hydroxylation is 1. The maximum Gasteiger partial charge on any atom is 0.167 e. The van der Waals surface area contributed by atoms with Crippen molar-refractivity contribution >= 4 is 10.8 Å². The number of aromatic nitrogens is 3. The number of ether oxygens (including phenoxy) is 1. The molecule has 0 spiro atoms. The van der Waals surface area contributed by atoms with Gasteiger partial charge in [-0.1, -0.05) is 30.3 Å². The van der Waals surface area contributed by atoms with Gasteiger partial charge in [0.05, 0.1) is 13.2 Å². The van der Waals surface area contributed by atoms with Crippen LogP contribution in [-0.2, 0) is 13.0 Å². The quantitative estimate of drug-likeness (QED) is 0.382. The molecule has 0 bridgehead atoms. The summed E-state index contributed by atoms with van der Waals surface area (Å²) >= 11 is 0. The van der Waals surface area contributed by atoms with E-state index in [9.17, 15) is 0 Å². The number of aliphatic hydroxyl groups excluding tert-OH is 1. The Hall–Kier alpha value is -3.12. The molecule has 2 aromatic heterocycles. The minimum atomic E-state index is 0.244. The molecule has 0 aliphatic heterocycles. The maximum atomic E-state index is 8.83. The van der Waals surface area contributed by atoms with Crippen LogP contribution in [0.4, 0.5) is 0 Å². The Kier molecular flexibility index (Phi) is 6.44. The summed E-state index contributed by atoms with van der Waals surface area (Å²) < 4.78 is 13.5. The Morgan fingerprint density at radius 1 is 1.03 bits per heavy atom. The molecule has 0 saturated heterocycles. The van der Waals surface area contributed by atoms with Gasteiger partial charge in [-0.15, -0.1) is 0 Å². The molecule has 4 rings (SSSR count). The molecule has 0 aliphatic rings. The Balaban J connectivity index is 1.45. The van der Waals surface area contributed by atoms with Gasteiger partial charge in [0.2, 0.25) is 0 Å². The predicted molar refractivity (Wildman–Crippen MR) is 117 cm³/mol. The number of unbranched alkanes of at least 4 members (excludes halogenated alkanes) is 2. The van der Waals surface area contributed by atoms with Crippen LogP contribution in [0.5, 0.6) is 5.75 Å². The van der Waals surface area contributed by atoms with E-state index in [-0.39, 0.29) is 6.61 Å². The molecule has 0 fully saturated rings. The molecule has 156 valence electrons. The normalized spacial score (nSPS) is 11.3. The summed E-state index contributed by atoms with van der Waals surface area (Å²) in [6.45, 7) is 3.66. The van der Waals surface area contributed by atoms with Crippen LogP contribution >= 0.6 is 0 Å². The first-order valence-electron chi connectivity index (χ1n) is 10.5. The van der Waals surface area contributed by atoms with Crippen LogP contribution < -0.4 is 4.74 Å². The molecule has 0 amide bonds. The Bertz CT molecular complexity index is 1100. The zero-order chi connectivity index (χ0) is 20.8. The van der Waals surface area contributed by atoms with Crippen molar-refractivity contribution < 1.29 is 14.4 Å². The second-order valence-electron chi connectivity index (χ2n) is 7.36. The molecule has 6 nitrogen and oxygen atoms in total. The molecular weight excluding hydrogens is 378 g/mol. The monoisotopic (exact) mass is 405 g/mol. The summed E-state index contributed by atoms with van der Waals surface area (Å²) in [6.07, 6.45) is 7.43. The number of imidazole rings is 1. The molecule has 1 N–H and O–H groups in total. The summed E-state index contributed by atoms with van der Waals surface area (Å²) in [4.78, 5) is 4.35. The van der Waals surface area contributed by atoms with Crippen LogP contribution in [-0.4, -0.2) is 33.0 Å². The van der Waals surface area contributed by atoms with Gasteiger partial charge in [0, 0.05) is 37.1 Å². The van der Waals surface area contributed by atoms with Crippen molar-refractivity contribution in [2.75, 3.05) is 13.2 Å². The second kappa shape index (κ2) is 9.59. The van der Waals surface area contributed by atoms with E-state index in [2.05, 4.69) is 45.9 Å². The van der Waals surface area contributed by atoms with Crippen molar-refractivity contribution in [2.24, 2.45) is 0 Å². The summed E-state index contributed by atoms with van der Waals surface area (Å²) in [5, 5.41) is 15.3. The van der Waals surface area contributed by atoms with Gasteiger partial charge in [0.25, 0.3) is 0 Å². The zero-order valence-corrected chi connectivity index (χ0v) is 17.3. The molecule has 30 heavy (non-hydrogen) atoms. The Labute approximate surface area is 176 Å². The van der Waals surface area contributed by atoms with E-state index in [1.165, 1.54) is 0 Å². The van der Waals surface area contributed by atoms with Crippen LogP contribution in [0.3, 0.4) is 0 Å². The van der Waals surface area contributed by atoms with Crippen molar-refractivity contribution in [1.29, 1.82) is 0 Å². The van der Waals surface area contributed by atoms with Crippen molar-refractivity contribution in [3.8, 4) is 17.1 Å². The molecule has 2 aromatic carbocycles.